The fourth-order valence-electron chi connectivity index (χ4n) is 1.86. The molecule has 0 aliphatic carbocycles. The Kier molecular flexibility index (Phi) is 5.71. The Morgan fingerprint density at radius 1 is 1.41 bits per heavy atom. The number of hydrogen-bond acceptors (Lipinski definition) is 3. The van der Waals surface area contributed by atoms with Crippen LogP contribution in [0, 0.1) is 5.41 Å². The van der Waals surface area contributed by atoms with Crippen molar-refractivity contribution < 1.29 is 9.53 Å². The first kappa shape index (κ1) is 14.3. The van der Waals surface area contributed by atoms with Crippen LogP contribution in [0.3, 0.4) is 0 Å². The fourth-order valence-corrected chi connectivity index (χ4v) is 1.86. The second-order valence-corrected chi connectivity index (χ2v) is 5.31. The van der Waals surface area contributed by atoms with E-state index in [9.17, 15) is 4.79 Å². The molecule has 1 heterocycles. The highest BCUT2D eigenvalue weighted by Gasteiger charge is 2.21. The van der Waals surface area contributed by atoms with Crippen LogP contribution < -0.4 is 11.1 Å². The van der Waals surface area contributed by atoms with Gasteiger partial charge in [-0.25, -0.2) is 4.79 Å². The van der Waals surface area contributed by atoms with Crippen molar-refractivity contribution in [2.75, 3.05) is 39.4 Å². The molecule has 0 saturated carbocycles. The lowest BCUT2D eigenvalue weighted by atomic mass is 9.88. The first-order chi connectivity index (χ1) is 8.05. The van der Waals surface area contributed by atoms with E-state index in [1.54, 1.807) is 0 Å². The smallest absolute Gasteiger partial charge is 0.317 e. The van der Waals surface area contributed by atoms with E-state index in [0.717, 1.165) is 12.8 Å². The van der Waals surface area contributed by atoms with Crippen LogP contribution in [-0.2, 0) is 4.74 Å². The van der Waals surface area contributed by atoms with Gasteiger partial charge in [-0.1, -0.05) is 13.8 Å². The third kappa shape index (κ3) is 5.37. The molecular formula is C12H25N3O2. The topological polar surface area (TPSA) is 67.6 Å². The molecule has 1 saturated heterocycles. The van der Waals surface area contributed by atoms with Crippen molar-refractivity contribution in [3.05, 3.63) is 0 Å². The fraction of sp³-hybridized carbons (Fsp3) is 0.917. The van der Waals surface area contributed by atoms with E-state index in [4.69, 9.17) is 10.5 Å². The van der Waals surface area contributed by atoms with Gasteiger partial charge in [0.05, 0.1) is 13.2 Å². The van der Waals surface area contributed by atoms with E-state index >= 15 is 0 Å². The molecule has 0 radical (unpaired) electrons. The maximum Gasteiger partial charge on any atom is 0.317 e. The summed E-state index contributed by atoms with van der Waals surface area (Å²) in [6.07, 6.45) is 2.04. The predicted molar refractivity (Wildman–Crippen MR) is 67.9 cm³/mol. The van der Waals surface area contributed by atoms with E-state index < -0.39 is 0 Å². The van der Waals surface area contributed by atoms with Gasteiger partial charge < -0.3 is 20.7 Å². The number of carbonyl (C=O) groups excluding carboxylic acids is 1. The number of urea groups is 1. The molecule has 0 atom stereocenters. The van der Waals surface area contributed by atoms with Gasteiger partial charge >= 0.3 is 6.03 Å². The molecule has 0 unspecified atom stereocenters. The van der Waals surface area contributed by atoms with Gasteiger partial charge in [-0.05, 0) is 24.8 Å². The largest absolute Gasteiger partial charge is 0.378 e. The molecule has 0 aromatic carbocycles. The zero-order chi connectivity index (χ0) is 12.7. The lowest BCUT2D eigenvalue weighted by Gasteiger charge is -2.30. The van der Waals surface area contributed by atoms with E-state index in [1.165, 1.54) is 0 Å². The lowest BCUT2D eigenvalue weighted by molar-refractivity contribution is 0.0525. The number of nitrogens with two attached hydrogens (primary N) is 1. The molecule has 5 heteroatoms. The van der Waals surface area contributed by atoms with Crippen LogP contribution in [-0.4, -0.2) is 50.3 Å². The van der Waals surface area contributed by atoms with Crippen molar-refractivity contribution in [1.29, 1.82) is 0 Å². The van der Waals surface area contributed by atoms with Crippen molar-refractivity contribution in [3.63, 3.8) is 0 Å². The minimum absolute atomic E-state index is 0.0223. The summed E-state index contributed by atoms with van der Waals surface area (Å²) >= 11 is 0. The molecule has 1 aliphatic heterocycles. The summed E-state index contributed by atoms with van der Waals surface area (Å²) in [6.45, 7) is 8.38. The summed E-state index contributed by atoms with van der Waals surface area (Å²) in [5.74, 6) is 0. The van der Waals surface area contributed by atoms with E-state index in [-0.39, 0.29) is 11.4 Å². The van der Waals surface area contributed by atoms with Crippen molar-refractivity contribution in [1.82, 2.24) is 10.2 Å². The Morgan fingerprint density at radius 2 is 2.06 bits per heavy atom. The Morgan fingerprint density at radius 3 is 2.65 bits per heavy atom. The average Bonchev–Trinajstić information content (AvgIpc) is 2.35. The molecule has 1 aliphatic rings. The summed E-state index contributed by atoms with van der Waals surface area (Å²) in [5, 5.41) is 2.99. The summed E-state index contributed by atoms with van der Waals surface area (Å²) in [4.78, 5) is 13.7. The molecule has 17 heavy (non-hydrogen) atoms. The molecule has 5 nitrogen and oxygen atoms in total. The monoisotopic (exact) mass is 243 g/mol. The van der Waals surface area contributed by atoms with Gasteiger partial charge in [0, 0.05) is 19.6 Å². The van der Waals surface area contributed by atoms with Gasteiger partial charge in [0.2, 0.25) is 0 Å². The quantitative estimate of drug-likeness (QED) is 0.750. The molecular weight excluding hydrogens is 218 g/mol. The zero-order valence-corrected chi connectivity index (χ0v) is 11.0. The van der Waals surface area contributed by atoms with Gasteiger partial charge in [0.1, 0.15) is 0 Å². The van der Waals surface area contributed by atoms with Crippen LogP contribution in [0.4, 0.5) is 4.79 Å². The normalized spacial score (nSPS) is 17.0. The summed E-state index contributed by atoms with van der Waals surface area (Å²) in [6, 6.07) is 0.0223. The van der Waals surface area contributed by atoms with Gasteiger partial charge in [-0.3, -0.25) is 0 Å². The Labute approximate surface area is 104 Å². The number of morpholine rings is 1. The van der Waals surface area contributed by atoms with Crippen LogP contribution in [0.2, 0.25) is 0 Å². The number of nitrogens with zero attached hydrogens (tertiary/aromatic N) is 1. The first-order valence-electron chi connectivity index (χ1n) is 6.36. The number of hydrogen-bond donors (Lipinski definition) is 2. The minimum atomic E-state index is 0.0223. The molecule has 3 N–H and O–H groups in total. The van der Waals surface area contributed by atoms with Crippen LogP contribution in [0.25, 0.3) is 0 Å². The van der Waals surface area contributed by atoms with E-state index in [1.807, 2.05) is 4.90 Å². The predicted octanol–water partition coefficient (Wildman–Crippen LogP) is 0.793. The SMILES string of the molecule is CC(C)(CCCN)CNC(=O)N1CCOCC1. The van der Waals surface area contributed by atoms with Crippen molar-refractivity contribution in [2.24, 2.45) is 11.1 Å². The van der Waals surface area contributed by atoms with Crippen molar-refractivity contribution >= 4 is 6.03 Å². The molecule has 1 fully saturated rings. The second-order valence-electron chi connectivity index (χ2n) is 5.31. The molecule has 0 spiro atoms. The highest BCUT2D eigenvalue weighted by Crippen LogP contribution is 2.20. The Balaban J connectivity index is 2.26. The average molecular weight is 243 g/mol. The van der Waals surface area contributed by atoms with Gasteiger partial charge in [-0.15, -0.1) is 0 Å². The molecule has 1 rings (SSSR count). The number of ether oxygens (including phenoxy) is 1. The lowest BCUT2D eigenvalue weighted by Crippen LogP contribution is -2.48. The minimum Gasteiger partial charge on any atom is -0.378 e. The molecule has 100 valence electrons. The molecule has 0 aromatic heterocycles. The maximum absolute atomic E-state index is 11.9. The number of amides is 2. The highest BCUT2D eigenvalue weighted by atomic mass is 16.5. The number of carbonyl (C=O) groups is 1. The van der Waals surface area contributed by atoms with Crippen LogP contribution >= 0.6 is 0 Å². The maximum atomic E-state index is 11.9. The van der Waals surface area contributed by atoms with Gasteiger partial charge in [0.15, 0.2) is 0 Å². The Hall–Kier alpha value is -0.810. The van der Waals surface area contributed by atoms with Crippen molar-refractivity contribution in [3.8, 4) is 0 Å². The standard InChI is InChI=1S/C12H25N3O2/c1-12(2,4-3-5-13)10-14-11(16)15-6-8-17-9-7-15/h3-10,13H2,1-2H3,(H,14,16). The second kappa shape index (κ2) is 6.81. The van der Waals surface area contributed by atoms with Crippen LogP contribution in [0.5, 0.6) is 0 Å². The molecule has 0 bridgehead atoms. The molecule has 0 aromatic rings. The number of rotatable bonds is 5. The molecule has 2 amide bonds. The highest BCUT2D eigenvalue weighted by molar-refractivity contribution is 5.74. The summed E-state index contributed by atoms with van der Waals surface area (Å²) in [5.41, 5.74) is 5.61. The summed E-state index contributed by atoms with van der Waals surface area (Å²) < 4.78 is 5.21. The van der Waals surface area contributed by atoms with Crippen molar-refractivity contribution in [2.45, 2.75) is 26.7 Å². The van der Waals surface area contributed by atoms with Crippen LogP contribution in [0.1, 0.15) is 26.7 Å². The van der Waals surface area contributed by atoms with Crippen LogP contribution in [0.15, 0.2) is 0 Å². The zero-order valence-electron chi connectivity index (χ0n) is 11.0. The number of nitrogens with one attached hydrogen (secondary N) is 1. The summed E-state index contributed by atoms with van der Waals surface area (Å²) in [7, 11) is 0. The van der Waals surface area contributed by atoms with Gasteiger partial charge in [0.25, 0.3) is 0 Å². The third-order valence-corrected chi connectivity index (χ3v) is 3.07. The first-order valence-corrected chi connectivity index (χ1v) is 6.36. The van der Waals surface area contributed by atoms with E-state index in [2.05, 4.69) is 19.2 Å². The van der Waals surface area contributed by atoms with Gasteiger partial charge in [-0.2, -0.15) is 0 Å². The third-order valence-electron chi connectivity index (χ3n) is 3.07. The Bertz CT molecular complexity index is 238. The van der Waals surface area contributed by atoms with E-state index in [0.29, 0.717) is 39.4 Å².